The summed E-state index contributed by atoms with van der Waals surface area (Å²) >= 11 is 2.58. The molecule has 36 heavy (non-hydrogen) atoms. The highest BCUT2D eigenvalue weighted by Gasteiger charge is 2.22. The van der Waals surface area contributed by atoms with Crippen LogP contribution in [-0.4, -0.2) is 46.6 Å². The molecule has 0 aliphatic rings. The third kappa shape index (κ3) is 5.77. The number of carbonyl (C=O) groups excluding carboxylic acids is 2. The summed E-state index contributed by atoms with van der Waals surface area (Å²) in [6.45, 7) is 2.00. The minimum atomic E-state index is -0.494. The Morgan fingerprint density at radius 2 is 1.78 bits per heavy atom. The van der Waals surface area contributed by atoms with Crippen LogP contribution >= 0.6 is 23.1 Å². The molecule has 0 saturated carbocycles. The van der Waals surface area contributed by atoms with Crippen LogP contribution in [0.1, 0.15) is 27.3 Å². The number of rotatable bonds is 9. The van der Waals surface area contributed by atoms with Crippen LogP contribution in [0.5, 0.6) is 5.75 Å². The molecule has 2 heterocycles. The fraction of sp³-hybridized carbons (Fsp3) is 0.231. The molecule has 186 valence electrons. The Balaban J connectivity index is 1.42. The minimum Gasteiger partial charge on any atom is -0.497 e. The van der Waals surface area contributed by atoms with Crippen LogP contribution in [0, 0.1) is 6.92 Å². The number of amides is 1. The van der Waals surface area contributed by atoms with Gasteiger partial charge in [0.2, 0.25) is 5.91 Å². The largest absolute Gasteiger partial charge is 0.497 e. The van der Waals surface area contributed by atoms with Gasteiger partial charge < -0.3 is 19.4 Å². The Hall–Kier alpha value is -3.63. The predicted molar refractivity (Wildman–Crippen MR) is 142 cm³/mol. The second-order valence-electron chi connectivity index (χ2n) is 8.03. The topological polar surface area (TPSA) is 95.3 Å². The van der Waals surface area contributed by atoms with Gasteiger partial charge in [-0.1, -0.05) is 53.7 Å². The van der Waals surface area contributed by atoms with Crippen LogP contribution in [0.2, 0.25) is 0 Å². The molecule has 10 heteroatoms. The molecule has 0 bridgehead atoms. The molecule has 4 aromatic rings. The van der Waals surface area contributed by atoms with Crippen molar-refractivity contribution in [2.24, 2.45) is 7.05 Å². The molecule has 0 aliphatic heterocycles. The lowest BCUT2D eigenvalue weighted by molar-refractivity contribution is -0.113. The lowest BCUT2D eigenvalue weighted by Gasteiger charge is -2.08. The number of aromatic nitrogens is 3. The van der Waals surface area contributed by atoms with Crippen LogP contribution < -0.4 is 10.1 Å². The molecule has 1 N–H and O–H groups in total. The van der Waals surface area contributed by atoms with E-state index in [0.29, 0.717) is 22.1 Å². The number of methoxy groups -OCH3 is 2. The van der Waals surface area contributed by atoms with Crippen molar-refractivity contribution in [3.8, 4) is 16.9 Å². The highest BCUT2D eigenvalue weighted by atomic mass is 32.2. The van der Waals surface area contributed by atoms with E-state index in [4.69, 9.17) is 9.47 Å². The summed E-state index contributed by atoms with van der Waals surface area (Å²) in [5, 5.41) is 14.3. The fourth-order valence-electron chi connectivity index (χ4n) is 3.54. The van der Waals surface area contributed by atoms with Gasteiger partial charge in [-0.15, -0.1) is 21.5 Å². The molecule has 1 amide bonds. The van der Waals surface area contributed by atoms with Gasteiger partial charge in [0.1, 0.15) is 22.1 Å². The van der Waals surface area contributed by atoms with Gasteiger partial charge in [0.05, 0.1) is 20.0 Å². The van der Waals surface area contributed by atoms with Crippen molar-refractivity contribution in [2.75, 3.05) is 25.3 Å². The summed E-state index contributed by atoms with van der Waals surface area (Å²) in [7, 11) is 4.84. The average Bonchev–Trinajstić information content (AvgIpc) is 3.46. The summed E-state index contributed by atoms with van der Waals surface area (Å²) in [4.78, 5) is 25.3. The molecular weight excluding hydrogens is 496 g/mol. The van der Waals surface area contributed by atoms with E-state index in [1.807, 2.05) is 72.4 Å². The number of ether oxygens (including phenoxy) is 2. The number of carbonyl (C=O) groups is 2. The quantitative estimate of drug-likeness (QED) is 0.245. The van der Waals surface area contributed by atoms with Crippen molar-refractivity contribution >= 4 is 40.0 Å². The van der Waals surface area contributed by atoms with E-state index in [9.17, 15) is 9.59 Å². The van der Waals surface area contributed by atoms with Crippen molar-refractivity contribution in [3.05, 3.63) is 76.4 Å². The lowest BCUT2D eigenvalue weighted by atomic mass is 10.0. The lowest BCUT2D eigenvalue weighted by Crippen LogP contribution is -2.16. The van der Waals surface area contributed by atoms with Gasteiger partial charge in [0.15, 0.2) is 5.16 Å². The van der Waals surface area contributed by atoms with Crippen molar-refractivity contribution in [2.45, 2.75) is 18.5 Å². The normalized spacial score (nSPS) is 10.8. The number of nitrogens with one attached hydrogen (secondary N) is 1. The zero-order chi connectivity index (χ0) is 25.7. The van der Waals surface area contributed by atoms with Gasteiger partial charge in [-0.2, -0.15) is 0 Å². The molecule has 4 rings (SSSR count). The maximum absolute atomic E-state index is 12.8. The highest BCUT2D eigenvalue weighted by Crippen LogP contribution is 2.36. The van der Waals surface area contributed by atoms with Crippen molar-refractivity contribution in [3.63, 3.8) is 0 Å². The third-order valence-corrected chi connectivity index (χ3v) is 7.49. The van der Waals surface area contributed by atoms with E-state index >= 15 is 0 Å². The third-order valence-electron chi connectivity index (χ3n) is 5.57. The second-order valence-corrected chi connectivity index (χ2v) is 9.85. The molecule has 8 nitrogen and oxygen atoms in total. The van der Waals surface area contributed by atoms with Gasteiger partial charge in [0, 0.05) is 24.4 Å². The van der Waals surface area contributed by atoms with E-state index in [1.54, 1.807) is 7.11 Å². The van der Waals surface area contributed by atoms with Crippen LogP contribution in [0.15, 0.2) is 59.1 Å². The van der Waals surface area contributed by atoms with Gasteiger partial charge in [-0.3, -0.25) is 4.79 Å². The van der Waals surface area contributed by atoms with Crippen molar-refractivity contribution in [1.29, 1.82) is 0 Å². The van der Waals surface area contributed by atoms with Gasteiger partial charge >= 0.3 is 5.97 Å². The maximum atomic E-state index is 12.8. The van der Waals surface area contributed by atoms with E-state index in [-0.39, 0.29) is 11.7 Å². The SMILES string of the molecule is COC(=O)c1c(-c2ccc(C)cc2)csc1NC(=O)CSc1nnc(Cc2ccc(OC)cc2)n1C. The molecule has 0 radical (unpaired) electrons. The summed E-state index contributed by atoms with van der Waals surface area (Å²) in [6.07, 6.45) is 0.611. The zero-order valence-electron chi connectivity index (χ0n) is 20.4. The van der Waals surface area contributed by atoms with Crippen molar-refractivity contribution in [1.82, 2.24) is 14.8 Å². The molecule has 2 aromatic heterocycles. The first-order valence-corrected chi connectivity index (χ1v) is 13.0. The van der Waals surface area contributed by atoms with Crippen LogP contribution in [0.4, 0.5) is 5.00 Å². The molecular formula is C26H26N4O4S2. The maximum Gasteiger partial charge on any atom is 0.341 e. The summed E-state index contributed by atoms with van der Waals surface area (Å²) in [5.74, 6) is 0.962. The summed E-state index contributed by atoms with van der Waals surface area (Å²) < 4.78 is 12.1. The molecule has 0 spiro atoms. The Kier molecular flexibility index (Phi) is 8.07. The Labute approximate surface area is 217 Å². The highest BCUT2D eigenvalue weighted by molar-refractivity contribution is 7.99. The fourth-order valence-corrected chi connectivity index (χ4v) is 5.25. The molecule has 0 saturated heterocycles. The number of esters is 1. The van der Waals surface area contributed by atoms with E-state index in [2.05, 4.69) is 15.5 Å². The van der Waals surface area contributed by atoms with Gasteiger partial charge in [-0.05, 0) is 30.2 Å². The van der Waals surface area contributed by atoms with E-state index in [0.717, 1.165) is 33.8 Å². The number of thioether (sulfide) groups is 1. The van der Waals surface area contributed by atoms with Crippen LogP contribution in [0.25, 0.3) is 11.1 Å². The Morgan fingerprint density at radius 3 is 2.44 bits per heavy atom. The number of anilines is 1. The van der Waals surface area contributed by atoms with Crippen molar-refractivity contribution < 1.29 is 19.1 Å². The molecule has 0 atom stereocenters. The number of hydrogen-bond donors (Lipinski definition) is 1. The Bertz CT molecular complexity index is 1360. The molecule has 0 unspecified atom stereocenters. The minimum absolute atomic E-state index is 0.118. The summed E-state index contributed by atoms with van der Waals surface area (Å²) in [5.41, 5.74) is 4.17. The molecule has 0 aliphatic carbocycles. The molecule has 2 aromatic carbocycles. The standard InChI is InChI=1S/C26H26N4O4S2/c1-16-5-9-18(10-6-16)20-14-35-24(23(20)25(32)34-4)27-22(31)15-36-26-29-28-21(30(26)2)13-17-7-11-19(33-3)12-8-17/h5-12,14H,13,15H2,1-4H3,(H,27,31). The van der Waals surface area contributed by atoms with Crippen LogP contribution in [0.3, 0.4) is 0 Å². The zero-order valence-corrected chi connectivity index (χ0v) is 22.0. The first kappa shape index (κ1) is 25.5. The first-order valence-electron chi connectivity index (χ1n) is 11.1. The number of benzene rings is 2. The number of hydrogen-bond acceptors (Lipinski definition) is 8. The second kappa shape index (κ2) is 11.4. The molecule has 0 fully saturated rings. The smallest absolute Gasteiger partial charge is 0.341 e. The Morgan fingerprint density at radius 1 is 1.06 bits per heavy atom. The van der Waals surface area contributed by atoms with Gasteiger partial charge in [-0.25, -0.2) is 4.79 Å². The van der Waals surface area contributed by atoms with Crippen LogP contribution in [-0.2, 0) is 23.0 Å². The van der Waals surface area contributed by atoms with E-state index in [1.165, 1.54) is 30.2 Å². The first-order chi connectivity index (χ1) is 17.4. The average molecular weight is 523 g/mol. The number of nitrogens with zero attached hydrogens (tertiary/aromatic N) is 3. The predicted octanol–water partition coefficient (Wildman–Crippen LogP) is 4.97. The number of thiophene rings is 1. The van der Waals surface area contributed by atoms with E-state index < -0.39 is 5.97 Å². The number of aryl methyl sites for hydroxylation is 1. The summed E-state index contributed by atoms with van der Waals surface area (Å²) in [6, 6.07) is 15.6. The van der Waals surface area contributed by atoms with Gasteiger partial charge in [0.25, 0.3) is 0 Å². The monoisotopic (exact) mass is 522 g/mol.